The van der Waals surface area contributed by atoms with Crippen LogP contribution < -0.4 is 5.73 Å². The van der Waals surface area contributed by atoms with Gasteiger partial charge in [0.25, 0.3) is 0 Å². The first kappa shape index (κ1) is 10.7. The monoisotopic (exact) mass is 242 g/mol. The molecule has 2 N–H and O–H groups in total. The molecule has 0 aliphatic carbocycles. The Morgan fingerprint density at radius 2 is 2.00 bits per heavy atom. The predicted octanol–water partition coefficient (Wildman–Crippen LogP) is 1.85. The van der Waals surface area contributed by atoms with Crippen molar-refractivity contribution in [3.05, 3.63) is 42.6 Å². The lowest BCUT2D eigenvalue weighted by molar-refractivity contribution is 0.380. The molecule has 2 aromatic heterocycles. The molecule has 1 aromatic carbocycles. The second-order valence-corrected chi connectivity index (χ2v) is 3.60. The van der Waals surface area contributed by atoms with Crippen LogP contribution in [0.25, 0.3) is 22.8 Å². The fourth-order valence-corrected chi connectivity index (χ4v) is 1.67. The van der Waals surface area contributed by atoms with Crippen LogP contribution in [0.5, 0.6) is 0 Å². The number of rotatable bonds is 3. The van der Waals surface area contributed by atoms with E-state index < -0.39 is 0 Å². The maximum absolute atomic E-state index is 5.45. The van der Waals surface area contributed by atoms with Gasteiger partial charge in [0, 0.05) is 11.1 Å². The fourth-order valence-electron chi connectivity index (χ4n) is 1.67. The van der Waals surface area contributed by atoms with Gasteiger partial charge in [-0.2, -0.15) is 4.98 Å². The summed E-state index contributed by atoms with van der Waals surface area (Å²) < 4.78 is 10.3. The molecule has 0 aliphatic heterocycles. The SMILES string of the molecule is NCc1nc(-c2ccccc2-c2ncco2)no1. The first-order valence-electron chi connectivity index (χ1n) is 5.40. The molecular formula is C12H10N4O2. The molecule has 3 aromatic rings. The smallest absolute Gasteiger partial charge is 0.240 e. The maximum Gasteiger partial charge on any atom is 0.240 e. The zero-order valence-corrected chi connectivity index (χ0v) is 9.41. The summed E-state index contributed by atoms with van der Waals surface area (Å²) in [5.41, 5.74) is 7.05. The summed E-state index contributed by atoms with van der Waals surface area (Å²) in [6.45, 7) is 0.216. The fraction of sp³-hybridized carbons (Fsp3) is 0.0833. The minimum absolute atomic E-state index is 0.216. The minimum atomic E-state index is 0.216. The second kappa shape index (κ2) is 4.42. The summed E-state index contributed by atoms with van der Waals surface area (Å²) in [7, 11) is 0. The zero-order chi connectivity index (χ0) is 12.4. The summed E-state index contributed by atoms with van der Waals surface area (Å²) >= 11 is 0. The van der Waals surface area contributed by atoms with Crippen molar-refractivity contribution < 1.29 is 8.94 Å². The van der Waals surface area contributed by atoms with Crippen molar-refractivity contribution in [3.63, 3.8) is 0 Å². The topological polar surface area (TPSA) is 91.0 Å². The van der Waals surface area contributed by atoms with Crippen molar-refractivity contribution in [1.82, 2.24) is 15.1 Å². The van der Waals surface area contributed by atoms with Gasteiger partial charge in [-0.1, -0.05) is 23.4 Å². The Kier molecular flexibility index (Phi) is 2.62. The molecule has 0 unspecified atom stereocenters. The summed E-state index contributed by atoms with van der Waals surface area (Å²) in [6.07, 6.45) is 3.11. The third-order valence-corrected chi connectivity index (χ3v) is 2.47. The van der Waals surface area contributed by atoms with Gasteiger partial charge in [0.1, 0.15) is 6.26 Å². The van der Waals surface area contributed by atoms with Crippen molar-refractivity contribution in [2.45, 2.75) is 6.54 Å². The van der Waals surface area contributed by atoms with Crippen LogP contribution in [0, 0.1) is 0 Å². The number of aromatic nitrogens is 3. The Morgan fingerprint density at radius 3 is 2.67 bits per heavy atom. The first-order chi connectivity index (χ1) is 8.88. The Hall–Kier alpha value is -2.47. The molecule has 0 radical (unpaired) electrons. The van der Waals surface area contributed by atoms with Crippen LogP contribution in [0.15, 0.2) is 45.7 Å². The average molecular weight is 242 g/mol. The molecule has 6 heteroatoms. The largest absolute Gasteiger partial charge is 0.445 e. The normalized spacial score (nSPS) is 10.7. The number of nitrogens with two attached hydrogens (primary N) is 1. The summed E-state index contributed by atoms with van der Waals surface area (Å²) in [4.78, 5) is 8.32. The van der Waals surface area contributed by atoms with Gasteiger partial charge in [0.15, 0.2) is 0 Å². The van der Waals surface area contributed by atoms with Crippen molar-refractivity contribution in [2.75, 3.05) is 0 Å². The number of oxazole rings is 1. The lowest BCUT2D eigenvalue weighted by Gasteiger charge is -2.01. The molecular weight excluding hydrogens is 232 g/mol. The molecule has 0 amide bonds. The highest BCUT2D eigenvalue weighted by molar-refractivity contribution is 5.75. The molecule has 18 heavy (non-hydrogen) atoms. The van der Waals surface area contributed by atoms with Gasteiger partial charge in [-0.15, -0.1) is 0 Å². The molecule has 0 atom stereocenters. The molecule has 90 valence electrons. The van der Waals surface area contributed by atoms with Crippen LogP contribution in [0.1, 0.15) is 5.89 Å². The lowest BCUT2D eigenvalue weighted by atomic mass is 10.1. The standard InChI is InChI=1S/C12H10N4O2/c13-7-10-15-11(16-18-10)8-3-1-2-4-9(8)12-14-5-6-17-12/h1-6H,7,13H2. The van der Waals surface area contributed by atoms with Crippen molar-refractivity contribution in [2.24, 2.45) is 5.73 Å². The lowest BCUT2D eigenvalue weighted by Crippen LogP contribution is -1.95. The quantitative estimate of drug-likeness (QED) is 0.753. The van der Waals surface area contributed by atoms with Gasteiger partial charge < -0.3 is 14.7 Å². The molecule has 0 fully saturated rings. The van der Waals surface area contributed by atoms with Crippen LogP contribution in [0.2, 0.25) is 0 Å². The Bertz CT molecular complexity index is 646. The minimum Gasteiger partial charge on any atom is -0.445 e. The summed E-state index contributed by atoms with van der Waals surface area (Å²) in [5, 5.41) is 3.89. The Morgan fingerprint density at radius 1 is 1.17 bits per heavy atom. The second-order valence-electron chi connectivity index (χ2n) is 3.60. The first-order valence-corrected chi connectivity index (χ1v) is 5.40. The van der Waals surface area contributed by atoms with E-state index in [4.69, 9.17) is 14.7 Å². The van der Waals surface area contributed by atoms with Crippen molar-refractivity contribution in [3.8, 4) is 22.8 Å². The van der Waals surface area contributed by atoms with E-state index in [-0.39, 0.29) is 6.54 Å². The summed E-state index contributed by atoms with van der Waals surface area (Å²) in [5.74, 6) is 1.39. The van der Waals surface area contributed by atoms with E-state index in [9.17, 15) is 0 Å². The zero-order valence-electron chi connectivity index (χ0n) is 9.41. The third kappa shape index (κ3) is 1.78. The van der Waals surface area contributed by atoms with Crippen LogP contribution >= 0.6 is 0 Å². The van der Waals surface area contributed by atoms with Crippen molar-refractivity contribution >= 4 is 0 Å². The molecule has 0 bridgehead atoms. The van der Waals surface area contributed by atoms with E-state index in [1.807, 2.05) is 24.3 Å². The van der Waals surface area contributed by atoms with Gasteiger partial charge in [-0.25, -0.2) is 4.98 Å². The number of nitrogens with zero attached hydrogens (tertiary/aromatic N) is 3. The van der Waals surface area contributed by atoms with Crippen LogP contribution in [0.4, 0.5) is 0 Å². The van der Waals surface area contributed by atoms with E-state index in [0.29, 0.717) is 17.6 Å². The van der Waals surface area contributed by atoms with Gasteiger partial charge in [-0.3, -0.25) is 0 Å². The van der Waals surface area contributed by atoms with Gasteiger partial charge in [0.2, 0.25) is 17.6 Å². The van der Waals surface area contributed by atoms with Crippen LogP contribution in [-0.2, 0) is 6.54 Å². The van der Waals surface area contributed by atoms with E-state index in [2.05, 4.69) is 15.1 Å². The van der Waals surface area contributed by atoms with Crippen molar-refractivity contribution in [1.29, 1.82) is 0 Å². The van der Waals surface area contributed by atoms with E-state index >= 15 is 0 Å². The van der Waals surface area contributed by atoms with Gasteiger partial charge >= 0.3 is 0 Å². The Labute approximate surface area is 102 Å². The summed E-state index contributed by atoms with van der Waals surface area (Å²) in [6, 6.07) is 7.55. The van der Waals surface area contributed by atoms with E-state index in [1.165, 1.54) is 6.26 Å². The van der Waals surface area contributed by atoms with Crippen LogP contribution in [0.3, 0.4) is 0 Å². The highest BCUT2D eigenvalue weighted by atomic mass is 16.5. The number of hydrogen-bond donors (Lipinski definition) is 1. The third-order valence-electron chi connectivity index (χ3n) is 2.47. The van der Waals surface area contributed by atoms with Gasteiger partial charge in [-0.05, 0) is 6.07 Å². The molecule has 3 rings (SSSR count). The molecule has 0 saturated heterocycles. The van der Waals surface area contributed by atoms with Gasteiger partial charge in [0.05, 0.1) is 12.7 Å². The van der Waals surface area contributed by atoms with Crippen LogP contribution in [-0.4, -0.2) is 15.1 Å². The molecule has 0 spiro atoms. The Balaban J connectivity index is 2.12. The number of hydrogen-bond acceptors (Lipinski definition) is 6. The predicted molar refractivity (Wildman–Crippen MR) is 63.1 cm³/mol. The highest BCUT2D eigenvalue weighted by Gasteiger charge is 2.14. The number of benzene rings is 1. The highest BCUT2D eigenvalue weighted by Crippen LogP contribution is 2.28. The molecule has 2 heterocycles. The van der Waals surface area contributed by atoms with E-state index in [1.54, 1.807) is 6.20 Å². The average Bonchev–Trinajstić information content (AvgIpc) is 3.10. The maximum atomic E-state index is 5.45. The molecule has 0 saturated carbocycles. The molecule has 6 nitrogen and oxygen atoms in total. The molecule has 0 aliphatic rings. The van der Waals surface area contributed by atoms with E-state index in [0.717, 1.165) is 11.1 Å².